The van der Waals surface area contributed by atoms with E-state index >= 15 is 0 Å². The van der Waals surface area contributed by atoms with Gasteiger partial charge in [0.25, 0.3) is 11.8 Å². The fourth-order valence-corrected chi connectivity index (χ4v) is 3.49. The van der Waals surface area contributed by atoms with E-state index in [0.717, 1.165) is 9.75 Å². The van der Waals surface area contributed by atoms with Gasteiger partial charge < -0.3 is 9.80 Å². The molecule has 8 nitrogen and oxygen atoms in total. The van der Waals surface area contributed by atoms with Crippen molar-refractivity contribution in [3.05, 3.63) is 57.0 Å². The molecular formula is C16H16N6O2S2. The second-order valence-electron chi connectivity index (χ2n) is 5.54. The molecule has 2 amide bonds. The summed E-state index contributed by atoms with van der Waals surface area (Å²) in [5.41, 5.74) is 3.82. The molecule has 3 rings (SSSR count). The molecule has 0 aromatic carbocycles. The second-order valence-corrected chi connectivity index (χ2v) is 7.49. The minimum atomic E-state index is -0.261. The molecule has 0 radical (unpaired) electrons. The molecule has 3 aromatic heterocycles. The summed E-state index contributed by atoms with van der Waals surface area (Å²) < 4.78 is 0. The molecule has 0 saturated heterocycles. The smallest absolute Gasteiger partial charge is 0.274 e. The molecule has 3 heterocycles. The predicted molar refractivity (Wildman–Crippen MR) is 97.9 cm³/mol. The molecule has 0 fully saturated rings. The normalized spacial score (nSPS) is 10.5. The Hall–Kier alpha value is -2.72. The predicted octanol–water partition coefficient (Wildman–Crippen LogP) is 1.93. The number of carbonyl (C=O) groups is 2. The standard InChI is InChI=1S/C16H16N6O2S2/c1-21(7-11-3-17-9-25-11)15(23)13-5-20-14(6-19-13)16(24)22(2)8-12-4-18-10-26-12/h3-6,9-10H,7-8H2,1-2H3. The number of carbonyl (C=O) groups excluding carboxylic acids is 2. The summed E-state index contributed by atoms with van der Waals surface area (Å²) in [6.45, 7) is 0.896. The highest BCUT2D eigenvalue weighted by molar-refractivity contribution is 7.09. The van der Waals surface area contributed by atoms with E-state index in [9.17, 15) is 9.59 Å². The maximum atomic E-state index is 12.4. The van der Waals surface area contributed by atoms with Crippen LogP contribution in [0.4, 0.5) is 0 Å². The summed E-state index contributed by atoms with van der Waals surface area (Å²) in [5, 5.41) is 0. The first-order valence-corrected chi connectivity index (χ1v) is 9.38. The quantitative estimate of drug-likeness (QED) is 0.641. The van der Waals surface area contributed by atoms with Crippen molar-refractivity contribution in [3.8, 4) is 0 Å². The number of hydrogen-bond acceptors (Lipinski definition) is 8. The van der Waals surface area contributed by atoms with Gasteiger partial charge in [0.2, 0.25) is 0 Å². The molecule has 26 heavy (non-hydrogen) atoms. The molecule has 0 N–H and O–H groups in total. The van der Waals surface area contributed by atoms with Gasteiger partial charge in [-0.1, -0.05) is 0 Å². The van der Waals surface area contributed by atoms with E-state index in [-0.39, 0.29) is 23.2 Å². The lowest BCUT2D eigenvalue weighted by molar-refractivity contribution is 0.0765. The summed E-state index contributed by atoms with van der Waals surface area (Å²) in [6, 6.07) is 0. The van der Waals surface area contributed by atoms with Gasteiger partial charge in [0, 0.05) is 36.2 Å². The Morgan fingerprint density at radius 1 is 0.808 bits per heavy atom. The Bertz CT molecular complexity index is 792. The monoisotopic (exact) mass is 388 g/mol. The number of rotatable bonds is 6. The van der Waals surface area contributed by atoms with Crippen molar-refractivity contribution < 1.29 is 9.59 Å². The molecule has 134 valence electrons. The van der Waals surface area contributed by atoms with Gasteiger partial charge in [-0.15, -0.1) is 22.7 Å². The molecule has 0 aliphatic heterocycles. The highest BCUT2D eigenvalue weighted by atomic mass is 32.1. The van der Waals surface area contributed by atoms with Gasteiger partial charge in [0.1, 0.15) is 11.4 Å². The van der Waals surface area contributed by atoms with Gasteiger partial charge in [-0.2, -0.15) is 0 Å². The van der Waals surface area contributed by atoms with Crippen LogP contribution in [0.15, 0.2) is 35.8 Å². The SMILES string of the molecule is CN(Cc1cncs1)C(=O)c1cnc(C(=O)N(C)Cc2cncs2)cn1. The molecule has 0 spiro atoms. The number of nitrogens with zero attached hydrogens (tertiary/aromatic N) is 6. The van der Waals surface area contributed by atoms with E-state index in [4.69, 9.17) is 0 Å². The molecule has 0 aliphatic carbocycles. The Kier molecular flexibility index (Phi) is 5.64. The van der Waals surface area contributed by atoms with Crippen LogP contribution < -0.4 is 0 Å². The molecular weight excluding hydrogens is 372 g/mol. The van der Waals surface area contributed by atoms with Gasteiger partial charge in [0.15, 0.2) is 0 Å². The van der Waals surface area contributed by atoms with E-state index in [0.29, 0.717) is 13.1 Å². The number of hydrogen-bond donors (Lipinski definition) is 0. The van der Waals surface area contributed by atoms with E-state index < -0.39 is 0 Å². The van der Waals surface area contributed by atoms with Crippen molar-refractivity contribution in [1.82, 2.24) is 29.7 Å². The zero-order valence-electron chi connectivity index (χ0n) is 14.2. The van der Waals surface area contributed by atoms with E-state index in [1.807, 2.05) is 0 Å². The van der Waals surface area contributed by atoms with Crippen molar-refractivity contribution >= 4 is 34.5 Å². The number of thiazole rings is 2. The van der Waals surface area contributed by atoms with E-state index in [1.54, 1.807) is 37.5 Å². The summed E-state index contributed by atoms with van der Waals surface area (Å²) >= 11 is 2.96. The van der Waals surface area contributed by atoms with Crippen LogP contribution in [-0.2, 0) is 13.1 Å². The van der Waals surface area contributed by atoms with Crippen LogP contribution in [0.25, 0.3) is 0 Å². The minimum absolute atomic E-state index is 0.193. The van der Waals surface area contributed by atoms with Crippen LogP contribution in [0.1, 0.15) is 30.7 Å². The Labute approximate surface area is 158 Å². The summed E-state index contributed by atoms with van der Waals surface area (Å²) in [5.74, 6) is -0.522. The summed E-state index contributed by atoms with van der Waals surface area (Å²) in [4.78, 5) is 46.0. The minimum Gasteiger partial charge on any atom is -0.335 e. The van der Waals surface area contributed by atoms with Crippen LogP contribution in [0.5, 0.6) is 0 Å². The van der Waals surface area contributed by atoms with Crippen molar-refractivity contribution in [2.75, 3.05) is 14.1 Å². The third-order valence-corrected chi connectivity index (χ3v) is 5.07. The maximum Gasteiger partial charge on any atom is 0.274 e. The van der Waals surface area contributed by atoms with Crippen molar-refractivity contribution in [2.45, 2.75) is 13.1 Å². The molecule has 0 aliphatic rings. The number of amides is 2. The van der Waals surface area contributed by atoms with E-state index in [2.05, 4.69) is 19.9 Å². The van der Waals surface area contributed by atoms with Crippen molar-refractivity contribution in [2.24, 2.45) is 0 Å². The van der Waals surface area contributed by atoms with E-state index in [1.165, 1.54) is 44.9 Å². The van der Waals surface area contributed by atoms with Gasteiger partial charge in [0.05, 0.1) is 36.5 Å². The molecule has 3 aromatic rings. The van der Waals surface area contributed by atoms with Gasteiger partial charge in [-0.25, -0.2) is 9.97 Å². The summed E-state index contributed by atoms with van der Waals surface area (Å²) in [6.07, 6.45) is 6.11. The molecule has 0 atom stereocenters. The van der Waals surface area contributed by atoms with Crippen LogP contribution >= 0.6 is 22.7 Å². The number of aromatic nitrogens is 4. The Morgan fingerprint density at radius 2 is 1.23 bits per heavy atom. The summed E-state index contributed by atoms with van der Waals surface area (Å²) in [7, 11) is 3.37. The van der Waals surface area contributed by atoms with Gasteiger partial charge in [-0.3, -0.25) is 19.6 Å². The first kappa shape index (κ1) is 18.1. The van der Waals surface area contributed by atoms with Gasteiger partial charge >= 0.3 is 0 Å². The zero-order valence-corrected chi connectivity index (χ0v) is 15.8. The molecule has 10 heteroatoms. The highest BCUT2D eigenvalue weighted by Gasteiger charge is 2.18. The average Bonchev–Trinajstić information content (AvgIpc) is 3.34. The van der Waals surface area contributed by atoms with Crippen LogP contribution in [0, 0.1) is 0 Å². The fraction of sp³-hybridized carbons (Fsp3) is 0.250. The molecule has 0 saturated carbocycles. The van der Waals surface area contributed by atoms with Crippen LogP contribution in [0.2, 0.25) is 0 Å². The average molecular weight is 388 g/mol. The molecule has 0 bridgehead atoms. The van der Waals surface area contributed by atoms with Gasteiger partial charge in [-0.05, 0) is 0 Å². The Morgan fingerprint density at radius 3 is 1.54 bits per heavy atom. The van der Waals surface area contributed by atoms with Crippen LogP contribution in [-0.4, -0.2) is 55.6 Å². The van der Waals surface area contributed by atoms with Crippen molar-refractivity contribution in [1.29, 1.82) is 0 Å². The second kappa shape index (κ2) is 8.11. The zero-order chi connectivity index (χ0) is 18.5. The highest BCUT2D eigenvalue weighted by Crippen LogP contribution is 2.12. The largest absolute Gasteiger partial charge is 0.335 e. The lowest BCUT2D eigenvalue weighted by Crippen LogP contribution is -2.29. The first-order valence-electron chi connectivity index (χ1n) is 7.62. The fourth-order valence-electron chi connectivity index (χ4n) is 2.19. The topological polar surface area (TPSA) is 92.2 Å². The van der Waals surface area contributed by atoms with Crippen molar-refractivity contribution in [3.63, 3.8) is 0 Å². The third kappa shape index (κ3) is 4.27. The lowest BCUT2D eigenvalue weighted by atomic mass is 10.3. The molecule has 0 unspecified atom stereocenters. The first-order chi connectivity index (χ1) is 12.5. The third-order valence-electron chi connectivity index (χ3n) is 3.54. The lowest BCUT2D eigenvalue weighted by Gasteiger charge is -2.16. The maximum absolute atomic E-state index is 12.4. The van der Waals surface area contributed by atoms with Crippen LogP contribution in [0.3, 0.4) is 0 Å². The Balaban J connectivity index is 1.63.